The quantitative estimate of drug-likeness (QED) is 0.232. The van der Waals surface area contributed by atoms with Gasteiger partial charge in [0.15, 0.2) is 12.5 Å². The van der Waals surface area contributed by atoms with Crippen LogP contribution >= 0.6 is 0 Å². The van der Waals surface area contributed by atoms with Crippen molar-refractivity contribution in [1.82, 2.24) is 14.8 Å². The van der Waals surface area contributed by atoms with Crippen LogP contribution in [0.1, 0.15) is 83.8 Å². The molecule has 1 atom stereocenters. The average molecular weight is 605 g/mol. The SMILES string of the molecule is COC(OC)C1CCC(OC2CCN(c3cc(-c4nn(C5CCCCO5)c5ccc(OC6(C)CC6)cc45)ccn3)CC2)CC1. The maximum atomic E-state index is 6.60. The monoisotopic (exact) mass is 604 g/mol. The van der Waals surface area contributed by atoms with E-state index in [0.29, 0.717) is 18.1 Å². The summed E-state index contributed by atoms with van der Waals surface area (Å²) in [6, 6.07) is 10.7. The highest BCUT2D eigenvalue weighted by atomic mass is 16.7. The van der Waals surface area contributed by atoms with Gasteiger partial charge in [-0.3, -0.25) is 0 Å². The van der Waals surface area contributed by atoms with Crippen LogP contribution in [0, 0.1) is 5.92 Å². The maximum Gasteiger partial charge on any atom is 0.159 e. The fourth-order valence-electron chi connectivity index (χ4n) is 7.31. The summed E-state index contributed by atoms with van der Waals surface area (Å²) in [6.45, 7) is 4.84. The van der Waals surface area contributed by atoms with Gasteiger partial charge in [0.1, 0.15) is 22.9 Å². The fraction of sp³-hybridized carbons (Fsp3) is 0.657. The summed E-state index contributed by atoms with van der Waals surface area (Å²) in [4.78, 5) is 7.20. The lowest BCUT2D eigenvalue weighted by Crippen LogP contribution is -2.40. The third-order valence-corrected chi connectivity index (χ3v) is 10.2. The van der Waals surface area contributed by atoms with Gasteiger partial charge in [0.05, 0.1) is 17.7 Å². The first-order valence-corrected chi connectivity index (χ1v) is 16.8. The van der Waals surface area contributed by atoms with E-state index in [2.05, 4.69) is 46.8 Å². The van der Waals surface area contributed by atoms with Crippen molar-refractivity contribution in [2.75, 3.05) is 38.8 Å². The largest absolute Gasteiger partial charge is 0.488 e. The van der Waals surface area contributed by atoms with Crippen LogP contribution in [0.3, 0.4) is 0 Å². The molecular weight excluding hydrogens is 556 g/mol. The van der Waals surface area contributed by atoms with Gasteiger partial charge in [-0.2, -0.15) is 5.10 Å². The van der Waals surface area contributed by atoms with Gasteiger partial charge in [-0.15, -0.1) is 0 Å². The standard InChI is InChI=1S/C35H48N4O5/c1-35(16-17-35)44-28-11-12-30-29(23-28)33(37-39(30)32-6-4-5-21-42-32)25-13-18-36-31(22-25)38-19-14-27(15-20-38)43-26-9-7-24(8-10-26)34(40-2)41-3/h11-13,18,22-24,26-27,32,34H,4-10,14-17,19-21H2,1-3H3. The summed E-state index contributed by atoms with van der Waals surface area (Å²) in [5, 5.41) is 6.28. The Morgan fingerprint density at radius 3 is 2.39 bits per heavy atom. The van der Waals surface area contributed by atoms with Gasteiger partial charge >= 0.3 is 0 Å². The lowest BCUT2D eigenvalue weighted by Gasteiger charge is -2.37. The van der Waals surface area contributed by atoms with E-state index in [0.717, 1.165) is 124 Å². The number of fused-ring (bicyclic) bond motifs is 1. The van der Waals surface area contributed by atoms with Crippen LogP contribution in [0.2, 0.25) is 0 Å². The summed E-state index contributed by atoms with van der Waals surface area (Å²) in [7, 11) is 3.47. The number of pyridine rings is 1. The molecule has 2 saturated carbocycles. The molecule has 4 heterocycles. The summed E-state index contributed by atoms with van der Waals surface area (Å²) in [6.07, 6.45) is 14.3. The van der Waals surface area contributed by atoms with Gasteiger partial charge in [0.25, 0.3) is 0 Å². The summed E-state index contributed by atoms with van der Waals surface area (Å²) in [5.74, 6) is 2.37. The van der Waals surface area contributed by atoms with E-state index in [-0.39, 0.29) is 18.1 Å². The van der Waals surface area contributed by atoms with E-state index in [1.54, 1.807) is 14.2 Å². The van der Waals surface area contributed by atoms with Gasteiger partial charge in [0, 0.05) is 57.0 Å². The van der Waals surface area contributed by atoms with Crippen molar-refractivity contribution in [3.63, 3.8) is 0 Å². The van der Waals surface area contributed by atoms with Crippen molar-refractivity contribution in [3.8, 4) is 17.0 Å². The molecule has 1 unspecified atom stereocenters. The van der Waals surface area contributed by atoms with Crippen molar-refractivity contribution in [2.45, 2.75) is 108 Å². The average Bonchev–Trinajstić information content (AvgIpc) is 3.67. The predicted octanol–water partition coefficient (Wildman–Crippen LogP) is 6.89. The molecule has 1 aromatic carbocycles. The number of methoxy groups -OCH3 is 2. The van der Waals surface area contributed by atoms with Gasteiger partial charge < -0.3 is 28.6 Å². The topological polar surface area (TPSA) is 80.1 Å². The Morgan fingerprint density at radius 1 is 0.909 bits per heavy atom. The highest BCUT2D eigenvalue weighted by molar-refractivity contribution is 5.94. The van der Waals surface area contributed by atoms with Crippen LogP contribution in [0.25, 0.3) is 22.2 Å². The van der Waals surface area contributed by atoms with E-state index in [1.807, 2.05) is 6.20 Å². The first kappa shape index (κ1) is 30.0. The van der Waals surface area contributed by atoms with E-state index >= 15 is 0 Å². The van der Waals surface area contributed by atoms with Gasteiger partial charge in [-0.05, 0) is 108 Å². The molecule has 2 aliphatic carbocycles. The lowest BCUT2D eigenvalue weighted by atomic mass is 9.86. The van der Waals surface area contributed by atoms with Crippen LogP contribution in [-0.4, -0.2) is 72.8 Å². The van der Waals surface area contributed by atoms with Crippen molar-refractivity contribution >= 4 is 16.7 Å². The van der Waals surface area contributed by atoms with E-state index in [1.165, 1.54) is 0 Å². The second-order valence-corrected chi connectivity index (χ2v) is 13.4. The summed E-state index contributed by atoms with van der Waals surface area (Å²) >= 11 is 0. The third kappa shape index (κ3) is 6.48. The molecule has 2 saturated heterocycles. The van der Waals surface area contributed by atoms with Gasteiger partial charge in [0.2, 0.25) is 0 Å². The minimum Gasteiger partial charge on any atom is -0.488 e. The van der Waals surface area contributed by atoms with Crippen LogP contribution < -0.4 is 9.64 Å². The number of benzene rings is 1. The zero-order valence-corrected chi connectivity index (χ0v) is 26.6. The van der Waals surface area contributed by atoms with Crippen LogP contribution in [0.4, 0.5) is 5.82 Å². The van der Waals surface area contributed by atoms with Crippen molar-refractivity contribution in [1.29, 1.82) is 0 Å². The number of anilines is 1. The Hall–Kier alpha value is -2.72. The zero-order valence-electron chi connectivity index (χ0n) is 26.6. The zero-order chi connectivity index (χ0) is 30.1. The Kier molecular flexibility index (Phi) is 8.82. The van der Waals surface area contributed by atoms with Crippen molar-refractivity contribution in [2.24, 2.45) is 5.92 Å². The molecule has 7 rings (SSSR count). The molecule has 0 spiro atoms. The minimum atomic E-state index is -0.101. The predicted molar refractivity (Wildman–Crippen MR) is 170 cm³/mol. The second kappa shape index (κ2) is 12.9. The Bertz CT molecular complexity index is 1400. The smallest absolute Gasteiger partial charge is 0.159 e. The molecule has 0 bridgehead atoms. The Labute approximate surface area is 261 Å². The number of hydrogen-bond acceptors (Lipinski definition) is 8. The molecule has 9 heteroatoms. The molecule has 44 heavy (non-hydrogen) atoms. The van der Waals surface area contributed by atoms with E-state index in [9.17, 15) is 0 Å². The normalized spacial score (nSPS) is 25.9. The number of nitrogens with zero attached hydrogens (tertiary/aromatic N) is 4. The van der Waals surface area contributed by atoms with Gasteiger partial charge in [-0.1, -0.05) is 0 Å². The van der Waals surface area contributed by atoms with Crippen LogP contribution in [0.15, 0.2) is 36.5 Å². The number of rotatable bonds is 10. The summed E-state index contributed by atoms with van der Waals surface area (Å²) < 4.78 is 32.2. The molecule has 238 valence electrons. The van der Waals surface area contributed by atoms with Crippen molar-refractivity contribution < 1.29 is 23.7 Å². The molecule has 0 N–H and O–H groups in total. The summed E-state index contributed by atoms with van der Waals surface area (Å²) in [5.41, 5.74) is 3.09. The molecule has 0 radical (unpaired) electrons. The maximum absolute atomic E-state index is 6.60. The number of piperidine rings is 1. The number of aromatic nitrogens is 3. The molecule has 3 aromatic rings. The Balaban J connectivity index is 1.05. The third-order valence-electron chi connectivity index (χ3n) is 10.2. The molecule has 2 aliphatic heterocycles. The van der Waals surface area contributed by atoms with Crippen LogP contribution in [0.5, 0.6) is 5.75 Å². The van der Waals surface area contributed by atoms with E-state index in [4.69, 9.17) is 33.8 Å². The van der Waals surface area contributed by atoms with Crippen LogP contribution in [-0.2, 0) is 18.9 Å². The second-order valence-electron chi connectivity index (χ2n) is 13.4. The fourth-order valence-corrected chi connectivity index (χ4v) is 7.31. The van der Waals surface area contributed by atoms with Crippen molar-refractivity contribution in [3.05, 3.63) is 36.5 Å². The molecule has 4 fully saturated rings. The van der Waals surface area contributed by atoms with Gasteiger partial charge in [-0.25, -0.2) is 9.67 Å². The molecule has 4 aliphatic rings. The number of hydrogen-bond donors (Lipinski definition) is 0. The minimum absolute atomic E-state index is 0.0352. The Morgan fingerprint density at radius 2 is 1.68 bits per heavy atom. The molecule has 9 nitrogen and oxygen atoms in total. The highest BCUT2D eigenvalue weighted by Crippen LogP contribution is 2.42. The molecule has 2 aromatic heterocycles. The highest BCUT2D eigenvalue weighted by Gasteiger charge is 2.40. The number of ether oxygens (including phenoxy) is 5. The molecule has 0 amide bonds. The lowest BCUT2D eigenvalue weighted by molar-refractivity contribution is -0.153. The molecular formula is C35H48N4O5. The first-order valence-electron chi connectivity index (χ1n) is 16.8. The van der Waals surface area contributed by atoms with E-state index < -0.39 is 0 Å². The first-order chi connectivity index (χ1) is 21.5.